The van der Waals surface area contributed by atoms with Gasteiger partial charge in [0.2, 0.25) is 5.91 Å². The largest absolute Gasteiger partial charge is 0.478 e. The Hall–Kier alpha value is -3.14. The summed E-state index contributed by atoms with van der Waals surface area (Å²) in [6.07, 6.45) is 0.0907. The lowest BCUT2D eigenvalue weighted by Gasteiger charge is -2.20. The third kappa shape index (κ3) is 8.48. The molecule has 0 fully saturated rings. The van der Waals surface area contributed by atoms with Gasteiger partial charge in [0.15, 0.2) is 0 Å². The van der Waals surface area contributed by atoms with Gasteiger partial charge in [0.25, 0.3) is 0 Å². The maximum absolute atomic E-state index is 12.4. The van der Waals surface area contributed by atoms with Crippen molar-refractivity contribution in [1.29, 1.82) is 0 Å². The third-order valence-electron chi connectivity index (χ3n) is 3.72. The van der Waals surface area contributed by atoms with E-state index in [2.05, 4.69) is 10.6 Å². The second-order valence-electron chi connectivity index (χ2n) is 7.45. The second kappa shape index (κ2) is 11.1. The molecule has 1 aromatic carbocycles. The summed E-state index contributed by atoms with van der Waals surface area (Å²) in [7, 11) is 0. The van der Waals surface area contributed by atoms with Gasteiger partial charge in [0.05, 0.1) is 29.5 Å². The number of rotatable bonds is 9. The van der Waals surface area contributed by atoms with Crippen LogP contribution in [0.1, 0.15) is 61.3 Å². The number of aromatic carboxylic acids is 1. The fourth-order valence-electron chi connectivity index (χ4n) is 2.35. The molecule has 0 heterocycles. The first kappa shape index (κ1) is 24.9. The minimum absolute atomic E-state index is 0.000630. The summed E-state index contributed by atoms with van der Waals surface area (Å²) in [5.41, 5.74) is 5.19. The monoisotopic (exact) mass is 423 g/mol. The number of amides is 2. The lowest BCUT2D eigenvalue weighted by atomic mass is 10.1. The van der Waals surface area contributed by atoms with E-state index in [0.717, 1.165) is 0 Å². The molecule has 30 heavy (non-hydrogen) atoms. The van der Waals surface area contributed by atoms with Crippen LogP contribution in [0.5, 0.6) is 0 Å². The number of ether oxygens (including phenoxy) is 2. The first-order valence-electron chi connectivity index (χ1n) is 9.52. The van der Waals surface area contributed by atoms with Crippen LogP contribution in [0.3, 0.4) is 0 Å². The number of hydrogen-bond donors (Lipinski definition) is 4. The molecule has 2 amide bonds. The zero-order chi connectivity index (χ0) is 22.9. The number of benzene rings is 1. The van der Waals surface area contributed by atoms with Gasteiger partial charge in [-0.3, -0.25) is 4.79 Å². The Balaban J connectivity index is 2.69. The van der Waals surface area contributed by atoms with Crippen molar-refractivity contribution in [2.45, 2.75) is 52.2 Å². The van der Waals surface area contributed by atoms with Gasteiger partial charge in [-0.2, -0.15) is 0 Å². The van der Waals surface area contributed by atoms with E-state index in [1.54, 1.807) is 27.7 Å². The van der Waals surface area contributed by atoms with E-state index in [1.165, 1.54) is 18.2 Å². The molecule has 0 saturated heterocycles. The molecule has 1 unspecified atom stereocenters. The standard InChI is InChI=1S/C20H29N3O7/c1-5-29-18(27)13-9-8-12(17(25)26)11-15(13)23-16(24)14(21)7-6-10-22-19(28)30-20(2,3)4/h8-9,11,14H,5-7,10,21H2,1-4H3,(H,22,28)(H,23,24)(H,25,26). The molecule has 5 N–H and O–H groups in total. The molecule has 10 heteroatoms. The first-order valence-corrected chi connectivity index (χ1v) is 9.52. The number of hydrogen-bond acceptors (Lipinski definition) is 7. The number of carboxylic acids is 1. The highest BCUT2D eigenvalue weighted by molar-refractivity contribution is 6.04. The van der Waals surface area contributed by atoms with E-state index < -0.39 is 35.6 Å². The van der Waals surface area contributed by atoms with Crippen LogP contribution in [0.2, 0.25) is 0 Å². The lowest BCUT2D eigenvalue weighted by molar-refractivity contribution is -0.117. The van der Waals surface area contributed by atoms with E-state index in [1.807, 2.05) is 0 Å². The van der Waals surface area contributed by atoms with Crippen molar-refractivity contribution >= 4 is 29.6 Å². The average Bonchev–Trinajstić information content (AvgIpc) is 2.63. The molecule has 0 aliphatic carbocycles. The van der Waals surface area contributed by atoms with E-state index >= 15 is 0 Å². The van der Waals surface area contributed by atoms with Gasteiger partial charge in [0, 0.05) is 6.54 Å². The van der Waals surface area contributed by atoms with Crippen LogP contribution in [-0.2, 0) is 14.3 Å². The molecule has 0 saturated carbocycles. The topological polar surface area (TPSA) is 157 Å². The summed E-state index contributed by atoms with van der Waals surface area (Å²) < 4.78 is 10.0. The predicted octanol–water partition coefficient (Wildman–Crippen LogP) is 2.13. The average molecular weight is 423 g/mol. The minimum atomic E-state index is -1.21. The molecule has 0 radical (unpaired) electrons. The molecule has 0 aromatic heterocycles. The van der Waals surface area contributed by atoms with Crippen molar-refractivity contribution in [1.82, 2.24) is 5.32 Å². The zero-order valence-corrected chi connectivity index (χ0v) is 17.6. The Morgan fingerprint density at radius 3 is 2.43 bits per heavy atom. The van der Waals surface area contributed by atoms with Gasteiger partial charge in [-0.1, -0.05) is 0 Å². The normalized spacial score (nSPS) is 11.9. The van der Waals surface area contributed by atoms with E-state index in [4.69, 9.17) is 20.3 Å². The van der Waals surface area contributed by atoms with Crippen LogP contribution in [0.15, 0.2) is 18.2 Å². The predicted molar refractivity (Wildman–Crippen MR) is 109 cm³/mol. The van der Waals surface area contributed by atoms with Crippen LogP contribution in [0, 0.1) is 0 Å². The molecule has 0 aliphatic heterocycles. The SMILES string of the molecule is CCOC(=O)c1ccc(C(=O)O)cc1NC(=O)C(N)CCCNC(=O)OC(C)(C)C. The van der Waals surface area contributed by atoms with Crippen LogP contribution < -0.4 is 16.4 Å². The van der Waals surface area contributed by atoms with Crippen molar-refractivity contribution in [2.75, 3.05) is 18.5 Å². The van der Waals surface area contributed by atoms with Crippen molar-refractivity contribution in [3.05, 3.63) is 29.3 Å². The third-order valence-corrected chi connectivity index (χ3v) is 3.72. The highest BCUT2D eigenvalue weighted by Crippen LogP contribution is 2.20. The van der Waals surface area contributed by atoms with Crippen LogP contribution >= 0.6 is 0 Å². The summed E-state index contributed by atoms with van der Waals surface area (Å²) in [5, 5.41) is 14.2. The van der Waals surface area contributed by atoms with Crippen LogP contribution in [-0.4, -0.2) is 53.8 Å². The number of nitrogens with one attached hydrogen (secondary N) is 2. The molecule has 1 rings (SSSR count). The quantitative estimate of drug-likeness (QED) is 0.347. The zero-order valence-electron chi connectivity index (χ0n) is 17.6. The van der Waals surface area contributed by atoms with Crippen molar-refractivity contribution in [2.24, 2.45) is 5.73 Å². The summed E-state index contributed by atoms with van der Waals surface area (Å²) >= 11 is 0. The number of carboxylic acid groups (broad SMARTS) is 1. The fourth-order valence-corrected chi connectivity index (χ4v) is 2.35. The summed E-state index contributed by atoms with van der Waals surface area (Å²) in [6.45, 7) is 7.25. The van der Waals surface area contributed by atoms with E-state index in [-0.39, 0.29) is 36.4 Å². The Morgan fingerprint density at radius 1 is 1.20 bits per heavy atom. The van der Waals surface area contributed by atoms with Crippen LogP contribution in [0.25, 0.3) is 0 Å². The number of carbonyl (C=O) groups excluding carboxylic acids is 3. The number of esters is 1. The molecule has 166 valence electrons. The lowest BCUT2D eigenvalue weighted by Crippen LogP contribution is -2.37. The van der Waals surface area contributed by atoms with Gasteiger partial charge < -0.3 is 30.9 Å². The van der Waals surface area contributed by atoms with Gasteiger partial charge in [-0.15, -0.1) is 0 Å². The van der Waals surface area contributed by atoms with Gasteiger partial charge in [0.1, 0.15) is 5.60 Å². The van der Waals surface area contributed by atoms with Gasteiger partial charge in [-0.25, -0.2) is 14.4 Å². The number of carbonyl (C=O) groups is 4. The molecule has 0 bridgehead atoms. The van der Waals surface area contributed by atoms with Crippen molar-refractivity contribution in [3.8, 4) is 0 Å². The van der Waals surface area contributed by atoms with Gasteiger partial charge in [-0.05, 0) is 58.7 Å². The number of nitrogens with two attached hydrogens (primary N) is 1. The number of anilines is 1. The van der Waals surface area contributed by atoms with Crippen molar-refractivity contribution in [3.63, 3.8) is 0 Å². The molecule has 1 aromatic rings. The molecule has 0 aliphatic rings. The Bertz CT molecular complexity index is 787. The minimum Gasteiger partial charge on any atom is -0.478 e. The van der Waals surface area contributed by atoms with E-state index in [0.29, 0.717) is 6.42 Å². The van der Waals surface area contributed by atoms with Crippen LogP contribution in [0.4, 0.5) is 10.5 Å². The molecular formula is C20H29N3O7. The van der Waals surface area contributed by atoms with E-state index in [9.17, 15) is 19.2 Å². The van der Waals surface area contributed by atoms with Crippen molar-refractivity contribution < 1.29 is 33.8 Å². The maximum atomic E-state index is 12.4. The molecule has 0 spiro atoms. The molecular weight excluding hydrogens is 394 g/mol. The Morgan fingerprint density at radius 2 is 1.87 bits per heavy atom. The Labute approximate surface area is 175 Å². The number of alkyl carbamates (subject to hydrolysis) is 1. The summed E-state index contributed by atoms with van der Waals surface area (Å²) in [6, 6.07) is 2.75. The highest BCUT2D eigenvalue weighted by Gasteiger charge is 2.20. The first-order chi connectivity index (χ1) is 13.9. The highest BCUT2D eigenvalue weighted by atomic mass is 16.6. The maximum Gasteiger partial charge on any atom is 0.407 e. The fraction of sp³-hybridized carbons (Fsp3) is 0.500. The Kier molecular flexibility index (Phi) is 9.25. The van der Waals surface area contributed by atoms with Gasteiger partial charge >= 0.3 is 18.0 Å². The summed E-state index contributed by atoms with van der Waals surface area (Å²) in [4.78, 5) is 47.2. The molecule has 1 atom stereocenters. The second-order valence-corrected chi connectivity index (χ2v) is 7.45. The smallest absolute Gasteiger partial charge is 0.407 e. The molecule has 10 nitrogen and oxygen atoms in total. The summed E-state index contributed by atoms with van der Waals surface area (Å²) in [5.74, 6) is -2.50.